The van der Waals surface area contributed by atoms with E-state index in [9.17, 15) is 9.59 Å². The third-order valence-corrected chi connectivity index (χ3v) is 3.74. The van der Waals surface area contributed by atoms with Gasteiger partial charge in [-0.3, -0.25) is 9.59 Å². The van der Waals surface area contributed by atoms with Crippen molar-refractivity contribution in [3.05, 3.63) is 68.7 Å². The van der Waals surface area contributed by atoms with Crippen molar-refractivity contribution in [1.82, 2.24) is 5.32 Å². The fourth-order valence-corrected chi connectivity index (χ4v) is 2.53. The highest BCUT2D eigenvalue weighted by atomic mass is 32.1. The average molecular weight is 285 g/mol. The summed E-state index contributed by atoms with van der Waals surface area (Å²) in [6.07, 6.45) is 0. The van der Waals surface area contributed by atoms with Gasteiger partial charge in [0, 0.05) is 10.9 Å². The second-order valence-electron chi connectivity index (χ2n) is 4.23. The van der Waals surface area contributed by atoms with Gasteiger partial charge in [-0.1, -0.05) is 18.2 Å². The molecule has 2 heterocycles. The van der Waals surface area contributed by atoms with Crippen LogP contribution in [-0.2, 0) is 6.54 Å². The molecule has 0 spiro atoms. The molecule has 0 saturated heterocycles. The SMILES string of the molecule is O=C(NCc1cccs1)c1cc(=O)c2ccccc2o1. The Balaban J connectivity index is 1.86. The van der Waals surface area contributed by atoms with Crippen LogP contribution in [0, 0.1) is 0 Å². The van der Waals surface area contributed by atoms with Crippen molar-refractivity contribution >= 4 is 28.2 Å². The molecule has 0 fully saturated rings. The first-order valence-corrected chi connectivity index (χ1v) is 6.95. The fraction of sp³-hybridized carbons (Fsp3) is 0.0667. The number of carbonyl (C=O) groups is 1. The zero-order chi connectivity index (χ0) is 13.9. The highest BCUT2D eigenvalue weighted by Gasteiger charge is 2.11. The molecule has 100 valence electrons. The van der Waals surface area contributed by atoms with Gasteiger partial charge in [0.15, 0.2) is 11.2 Å². The molecule has 0 radical (unpaired) electrons. The Morgan fingerprint density at radius 1 is 1.20 bits per heavy atom. The van der Waals surface area contributed by atoms with Crippen LogP contribution in [0.1, 0.15) is 15.4 Å². The van der Waals surface area contributed by atoms with Crippen LogP contribution in [0.25, 0.3) is 11.0 Å². The van der Waals surface area contributed by atoms with E-state index in [2.05, 4.69) is 5.32 Å². The monoisotopic (exact) mass is 285 g/mol. The number of amides is 1. The lowest BCUT2D eigenvalue weighted by Crippen LogP contribution is -2.23. The molecular formula is C15H11NO3S. The van der Waals surface area contributed by atoms with Crippen LogP contribution in [0.4, 0.5) is 0 Å². The van der Waals surface area contributed by atoms with Gasteiger partial charge in [0.2, 0.25) is 0 Å². The summed E-state index contributed by atoms with van der Waals surface area (Å²) in [5.74, 6) is -0.355. The summed E-state index contributed by atoms with van der Waals surface area (Å²) < 4.78 is 5.47. The number of nitrogens with one attached hydrogen (secondary N) is 1. The van der Waals surface area contributed by atoms with E-state index in [0.29, 0.717) is 17.5 Å². The number of hydrogen-bond acceptors (Lipinski definition) is 4. The Hall–Kier alpha value is -2.40. The fourth-order valence-electron chi connectivity index (χ4n) is 1.88. The van der Waals surface area contributed by atoms with E-state index in [-0.39, 0.29) is 17.1 Å². The maximum absolute atomic E-state index is 12.0. The van der Waals surface area contributed by atoms with Crippen LogP contribution in [0.3, 0.4) is 0 Å². The molecule has 20 heavy (non-hydrogen) atoms. The van der Waals surface area contributed by atoms with E-state index in [0.717, 1.165) is 4.88 Å². The van der Waals surface area contributed by atoms with Gasteiger partial charge < -0.3 is 9.73 Å². The first-order valence-electron chi connectivity index (χ1n) is 6.07. The quantitative estimate of drug-likeness (QED) is 0.805. The molecule has 1 N–H and O–H groups in total. The van der Waals surface area contributed by atoms with Crippen molar-refractivity contribution < 1.29 is 9.21 Å². The molecular weight excluding hydrogens is 274 g/mol. The van der Waals surface area contributed by atoms with Crippen LogP contribution >= 0.6 is 11.3 Å². The Kier molecular flexibility index (Phi) is 3.35. The molecule has 3 rings (SSSR count). The smallest absolute Gasteiger partial charge is 0.287 e. The normalized spacial score (nSPS) is 10.6. The lowest BCUT2D eigenvalue weighted by molar-refractivity contribution is 0.0924. The van der Waals surface area contributed by atoms with E-state index in [4.69, 9.17) is 4.42 Å². The maximum Gasteiger partial charge on any atom is 0.287 e. The van der Waals surface area contributed by atoms with Gasteiger partial charge in [-0.05, 0) is 23.6 Å². The molecule has 1 aromatic carbocycles. The van der Waals surface area contributed by atoms with Crippen LogP contribution in [-0.4, -0.2) is 5.91 Å². The summed E-state index contributed by atoms with van der Waals surface area (Å²) in [6, 6.07) is 11.9. The van der Waals surface area contributed by atoms with Crippen LogP contribution in [0.15, 0.2) is 57.1 Å². The standard InChI is InChI=1S/C15H11NO3S/c17-12-8-14(19-13-6-2-1-5-11(12)13)15(18)16-9-10-4-3-7-20-10/h1-8H,9H2,(H,16,18). The Labute approximate surface area is 118 Å². The van der Waals surface area contributed by atoms with Crippen molar-refractivity contribution in [2.75, 3.05) is 0 Å². The third kappa shape index (κ3) is 2.48. The molecule has 0 atom stereocenters. The minimum Gasteiger partial charge on any atom is -0.451 e. The minimum absolute atomic E-state index is 0.0326. The third-order valence-electron chi connectivity index (χ3n) is 2.86. The average Bonchev–Trinajstić information content (AvgIpc) is 2.98. The molecule has 0 aliphatic rings. The number of hydrogen-bond donors (Lipinski definition) is 1. The molecule has 4 nitrogen and oxygen atoms in total. The van der Waals surface area contributed by atoms with Crippen molar-refractivity contribution in [1.29, 1.82) is 0 Å². The summed E-state index contributed by atoms with van der Waals surface area (Å²) in [5, 5.41) is 5.15. The Morgan fingerprint density at radius 2 is 2.05 bits per heavy atom. The van der Waals surface area contributed by atoms with Crippen molar-refractivity contribution in [3.63, 3.8) is 0 Å². The predicted molar refractivity (Wildman–Crippen MR) is 78.0 cm³/mol. The predicted octanol–water partition coefficient (Wildman–Crippen LogP) is 2.78. The maximum atomic E-state index is 12.0. The summed E-state index contributed by atoms with van der Waals surface area (Å²) in [4.78, 5) is 24.9. The van der Waals surface area contributed by atoms with Gasteiger partial charge in [-0.25, -0.2) is 0 Å². The number of benzene rings is 1. The van der Waals surface area contributed by atoms with Gasteiger partial charge in [0.05, 0.1) is 11.9 Å². The zero-order valence-corrected chi connectivity index (χ0v) is 11.3. The molecule has 2 aromatic heterocycles. The topological polar surface area (TPSA) is 59.3 Å². The summed E-state index contributed by atoms with van der Waals surface area (Å²) >= 11 is 1.56. The summed E-state index contributed by atoms with van der Waals surface area (Å²) in [5.41, 5.74) is 0.203. The van der Waals surface area contributed by atoms with Crippen molar-refractivity contribution in [2.24, 2.45) is 0 Å². The lowest BCUT2D eigenvalue weighted by Gasteiger charge is -2.04. The van der Waals surface area contributed by atoms with E-state index >= 15 is 0 Å². The van der Waals surface area contributed by atoms with Gasteiger partial charge in [0.1, 0.15) is 5.58 Å². The first-order chi connectivity index (χ1) is 9.74. The second-order valence-corrected chi connectivity index (χ2v) is 5.27. The molecule has 0 saturated carbocycles. The zero-order valence-electron chi connectivity index (χ0n) is 10.5. The molecule has 0 aliphatic heterocycles. The first kappa shape index (κ1) is 12.6. The summed E-state index contributed by atoms with van der Waals surface area (Å²) in [6.45, 7) is 0.424. The van der Waals surface area contributed by atoms with Gasteiger partial charge in [0.25, 0.3) is 5.91 Å². The van der Waals surface area contributed by atoms with Crippen molar-refractivity contribution in [2.45, 2.75) is 6.54 Å². The Morgan fingerprint density at radius 3 is 2.85 bits per heavy atom. The van der Waals surface area contributed by atoms with E-state index < -0.39 is 0 Å². The molecule has 0 aliphatic carbocycles. The van der Waals surface area contributed by atoms with Gasteiger partial charge >= 0.3 is 0 Å². The molecule has 1 amide bonds. The number of thiophene rings is 1. The van der Waals surface area contributed by atoms with Crippen LogP contribution < -0.4 is 10.7 Å². The molecule has 0 bridgehead atoms. The number of fused-ring (bicyclic) bond motifs is 1. The van der Waals surface area contributed by atoms with E-state index in [1.165, 1.54) is 6.07 Å². The van der Waals surface area contributed by atoms with Crippen molar-refractivity contribution in [3.8, 4) is 0 Å². The molecule has 0 unspecified atom stereocenters. The largest absolute Gasteiger partial charge is 0.451 e. The highest BCUT2D eigenvalue weighted by Crippen LogP contribution is 2.12. The minimum atomic E-state index is -0.388. The lowest BCUT2D eigenvalue weighted by atomic mass is 10.2. The molecule has 3 aromatic rings. The number of carbonyl (C=O) groups excluding carboxylic acids is 1. The van der Waals surface area contributed by atoms with E-state index in [1.54, 1.807) is 35.6 Å². The summed E-state index contributed by atoms with van der Waals surface area (Å²) in [7, 11) is 0. The number of rotatable bonds is 3. The Bertz CT molecular complexity index is 805. The van der Waals surface area contributed by atoms with E-state index in [1.807, 2.05) is 17.5 Å². The van der Waals surface area contributed by atoms with Gasteiger partial charge in [-0.2, -0.15) is 0 Å². The van der Waals surface area contributed by atoms with Crippen LogP contribution in [0.5, 0.6) is 0 Å². The second kappa shape index (κ2) is 5.30. The highest BCUT2D eigenvalue weighted by molar-refractivity contribution is 7.09. The van der Waals surface area contributed by atoms with Gasteiger partial charge in [-0.15, -0.1) is 11.3 Å². The number of para-hydroxylation sites is 1. The van der Waals surface area contributed by atoms with Crippen LogP contribution in [0.2, 0.25) is 0 Å². The molecule has 5 heteroatoms.